The third-order valence-electron chi connectivity index (χ3n) is 6.45. The summed E-state index contributed by atoms with van der Waals surface area (Å²) in [5, 5.41) is 3.69. The number of benzene rings is 2. The van der Waals surface area contributed by atoms with E-state index < -0.39 is 17.4 Å². The van der Waals surface area contributed by atoms with Crippen molar-refractivity contribution in [3.8, 4) is 17.2 Å². The monoisotopic (exact) mass is 529 g/mol. The average molecular weight is 530 g/mol. The molecule has 4 heterocycles. The number of rotatable bonds is 6. The maximum atomic E-state index is 14.1. The molecule has 6 rings (SSSR count). The van der Waals surface area contributed by atoms with Crippen molar-refractivity contribution in [1.82, 2.24) is 9.78 Å². The number of ether oxygens (including phenoxy) is 2. The predicted molar refractivity (Wildman–Crippen MR) is 140 cm³/mol. The Labute approximate surface area is 222 Å². The molecule has 0 aliphatic carbocycles. The molecule has 2 aliphatic heterocycles. The van der Waals surface area contributed by atoms with Crippen LogP contribution in [0.25, 0.3) is 17.0 Å². The number of aromatic amines is 1. The van der Waals surface area contributed by atoms with Gasteiger partial charge < -0.3 is 9.47 Å². The zero-order valence-electron chi connectivity index (χ0n) is 20.3. The first-order valence-electron chi connectivity index (χ1n) is 12.1. The number of pyridine rings is 1. The van der Waals surface area contributed by atoms with E-state index in [-0.39, 0.29) is 23.6 Å². The summed E-state index contributed by atoms with van der Waals surface area (Å²) in [5.41, 5.74) is 1.28. The number of hydrogen-bond donors (Lipinski definition) is 1. The van der Waals surface area contributed by atoms with Crippen LogP contribution in [0.4, 0.5) is 5.69 Å². The number of aromatic nitrogens is 3. The van der Waals surface area contributed by atoms with E-state index in [1.165, 1.54) is 4.68 Å². The van der Waals surface area contributed by atoms with Crippen LogP contribution in [0.3, 0.4) is 0 Å². The van der Waals surface area contributed by atoms with Crippen molar-refractivity contribution < 1.29 is 23.6 Å². The van der Waals surface area contributed by atoms with Crippen molar-refractivity contribution in [2.75, 3.05) is 11.7 Å². The van der Waals surface area contributed by atoms with Crippen molar-refractivity contribution in [2.45, 2.75) is 19.8 Å². The summed E-state index contributed by atoms with van der Waals surface area (Å²) >= 11 is 6.05. The molecule has 0 unspecified atom stereocenters. The van der Waals surface area contributed by atoms with Crippen LogP contribution in [0.1, 0.15) is 24.6 Å². The van der Waals surface area contributed by atoms with Gasteiger partial charge in [-0.1, -0.05) is 31.0 Å². The van der Waals surface area contributed by atoms with Gasteiger partial charge in [0.2, 0.25) is 6.79 Å². The highest BCUT2D eigenvalue weighted by Gasteiger charge is 2.48. The number of amides is 2. The number of aryl methyl sites for hydroxylation is 1. The molecule has 0 fully saturated rings. The fraction of sp³-hybridized carbons (Fsp3) is 0.143. The molecule has 0 saturated carbocycles. The first kappa shape index (κ1) is 23.7. The zero-order chi connectivity index (χ0) is 26.4. The van der Waals surface area contributed by atoms with E-state index in [1.807, 2.05) is 6.92 Å². The van der Waals surface area contributed by atoms with Gasteiger partial charge in [-0.3, -0.25) is 19.5 Å². The second kappa shape index (κ2) is 9.35. The molecule has 2 aliphatic rings. The van der Waals surface area contributed by atoms with Crippen molar-refractivity contribution >= 4 is 40.4 Å². The molecule has 0 bridgehead atoms. The van der Waals surface area contributed by atoms with Gasteiger partial charge in [-0.05, 0) is 42.8 Å². The summed E-state index contributed by atoms with van der Waals surface area (Å²) in [6.07, 6.45) is 4.55. The zero-order valence-corrected chi connectivity index (χ0v) is 21.1. The number of imide groups is 1. The van der Waals surface area contributed by atoms with Gasteiger partial charge in [0.1, 0.15) is 5.57 Å². The van der Waals surface area contributed by atoms with Crippen molar-refractivity contribution in [1.29, 1.82) is 0 Å². The van der Waals surface area contributed by atoms with Crippen LogP contribution in [-0.4, -0.2) is 28.4 Å². The van der Waals surface area contributed by atoms with Gasteiger partial charge in [-0.2, -0.15) is 4.57 Å². The van der Waals surface area contributed by atoms with E-state index in [9.17, 15) is 14.4 Å². The van der Waals surface area contributed by atoms with Crippen LogP contribution in [0.15, 0.2) is 77.9 Å². The maximum Gasteiger partial charge on any atom is 0.331 e. The van der Waals surface area contributed by atoms with Gasteiger partial charge in [-0.15, -0.1) is 0 Å². The maximum absolute atomic E-state index is 14.1. The predicted octanol–water partition coefficient (Wildman–Crippen LogP) is 3.73. The Kier molecular flexibility index (Phi) is 5.84. The lowest BCUT2D eigenvalue weighted by Gasteiger charge is -2.14. The molecular formula is C28H22ClN4O5+. The molecule has 0 spiro atoms. The number of nitrogens with one attached hydrogen (secondary N) is 1. The smallest absolute Gasteiger partial charge is 0.331 e. The Bertz CT molecular complexity index is 1670. The summed E-state index contributed by atoms with van der Waals surface area (Å²) < 4.78 is 13.8. The molecule has 2 amide bonds. The highest BCUT2D eigenvalue weighted by molar-refractivity contribution is 6.53. The van der Waals surface area contributed by atoms with E-state index in [2.05, 4.69) is 5.10 Å². The van der Waals surface area contributed by atoms with Gasteiger partial charge in [0.25, 0.3) is 17.2 Å². The van der Waals surface area contributed by atoms with E-state index in [0.29, 0.717) is 46.4 Å². The van der Waals surface area contributed by atoms with E-state index in [4.69, 9.17) is 21.1 Å². The number of H-pyrrole nitrogens is 1. The minimum atomic E-state index is -0.600. The standard InChI is InChI=1S/C28H21ClN4O5/c1-2-6-20-23(27(35)33(30-20)18-9-7-17(29)8-10-18)24-25(31-13-4-3-5-14-31)28(36)32(26(24)34)19-11-12-21-22(15-19)38-16-37-21/h3-5,7-15H,2,6,16H2,1H3/p+1. The topological polar surface area (TPSA) is 97.5 Å². The van der Waals surface area contributed by atoms with Crippen LogP contribution in [0.2, 0.25) is 5.02 Å². The first-order valence-corrected chi connectivity index (χ1v) is 12.4. The summed E-state index contributed by atoms with van der Waals surface area (Å²) in [4.78, 5) is 43.0. The molecule has 0 radical (unpaired) electrons. The van der Waals surface area contributed by atoms with Crippen LogP contribution in [0.5, 0.6) is 11.5 Å². The number of nitrogens with zero attached hydrogens (tertiary/aromatic N) is 3. The second-order valence-electron chi connectivity index (χ2n) is 8.82. The minimum Gasteiger partial charge on any atom is -0.454 e. The van der Waals surface area contributed by atoms with Gasteiger partial charge in [0.15, 0.2) is 23.9 Å². The first-order chi connectivity index (χ1) is 18.5. The lowest BCUT2D eigenvalue weighted by molar-refractivity contribution is -0.576. The molecule has 9 nitrogen and oxygen atoms in total. The van der Waals surface area contributed by atoms with Gasteiger partial charge >= 0.3 is 5.91 Å². The lowest BCUT2D eigenvalue weighted by Crippen LogP contribution is -2.39. The van der Waals surface area contributed by atoms with Gasteiger partial charge in [0, 0.05) is 28.9 Å². The van der Waals surface area contributed by atoms with Crippen LogP contribution >= 0.6 is 11.6 Å². The second-order valence-corrected chi connectivity index (χ2v) is 9.26. The Balaban J connectivity index is 1.57. The van der Waals surface area contributed by atoms with Gasteiger partial charge in [0.05, 0.1) is 16.9 Å². The third-order valence-corrected chi connectivity index (χ3v) is 6.70. The van der Waals surface area contributed by atoms with Crippen molar-refractivity contribution in [2.24, 2.45) is 0 Å². The molecule has 10 heteroatoms. The Hall–Kier alpha value is -4.63. The minimum absolute atomic E-state index is 0.0290. The number of carbonyl (C=O) groups is 2. The molecule has 4 aromatic rings. The summed E-state index contributed by atoms with van der Waals surface area (Å²) in [6.45, 7) is 2.03. The summed E-state index contributed by atoms with van der Waals surface area (Å²) in [7, 11) is 0. The largest absolute Gasteiger partial charge is 0.454 e. The molecule has 190 valence electrons. The molecular weight excluding hydrogens is 508 g/mol. The molecule has 2 aromatic carbocycles. The van der Waals surface area contributed by atoms with E-state index in [1.54, 1.807) is 77.6 Å². The molecule has 1 N–H and O–H groups in total. The Morgan fingerprint density at radius 2 is 1.63 bits per heavy atom. The number of fused-ring (bicyclic) bond motifs is 1. The van der Waals surface area contributed by atoms with Crippen LogP contribution < -0.4 is 24.5 Å². The van der Waals surface area contributed by atoms with Crippen LogP contribution in [-0.2, 0) is 16.0 Å². The highest BCUT2D eigenvalue weighted by Crippen LogP contribution is 2.39. The molecule has 38 heavy (non-hydrogen) atoms. The molecule has 2 aromatic heterocycles. The number of halogens is 1. The Morgan fingerprint density at radius 1 is 0.921 bits per heavy atom. The summed E-state index contributed by atoms with van der Waals surface area (Å²) in [5.74, 6) is -0.192. The van der Waals surface area contributed by atoms with Crippen molar-refractivity contribution in [3.63, 3.8) is 0 Å². The number of carbonyl (C=O) groups excluding carboxylic acids is 2. The van der Waals surface area contributed by atoms with E-state index >= 15 is 0 Å². The Morgan fingerprint density at radius 3 is 2.37 bits per heavy atom. The lowest BCUT2D eigenvalue weighted by atomic mass is 10.0. The molecule has 0 atom stereocenters. The third kappa shape index (κ3) is 3.79. The van der Waals surface area contributed by atoms with E-state index in [0.717, 1.165) is 4.90 Å². The van der Waals surface area contributed by atoms with Crippen LogP contribution in [0, 0.1) is 0 Å². The van der Waals surface area contributed by atoms with Crippen molar-refractivity contribution in [3.05, 3.63) is 99.7 Å². The fourth-order valence-electron chi connectivity index (χ4n) is 4.73. The summed E-state index contributed by atoms with van der Waals surface area (Å²) in [6, 6.07) is 16.9. The molecule has 0 saturated heterocycles. The average Bonchev–Trinajstić information content (AvgIpc) is 3.59. The number of anilines is 1. The fourth-order valence-corrected chi connectivity index (χ4v) is 4.86. The quantitative estimate of drug-likeness (QED) is 0.303. The van der Waals surface area contributed by atoms with Gasteiger partial charge in [-0.25, -0.2) is 9.58 Å². The SMILES string of the molecule is CCCc1[nH]n(-c2ccc(Cl)cc2)c(=O)c1C1=C([n+]2ccccc2)C(=O)N(c2ccc3c(c2)OCO3)C1=O. The highest BCUT2D eigenvalue weighted by atomic mass is 35.5. The normalized spacial score (nSPS) is 14.6. The number of hydrogen-bond acceptors (Lipinski definition) is 5.